The Kier molecular flexibility index (Phi) is 6.74. The van der Waals surface area contributed by atoms with Crippen molar-refractivity contribution < 1.29 is 9.21 Å². The first-order valence-electron chi connectivity index (χ1n) is 10.7. The van der Waals surface area contributed by atoms with Crippen molar-refractivity contribution in [2.45, 2.75) is 77.7 Å². The standard InChI is InChI=1S/C22H34N2O3/c1-4-8-16(2)19-15-17(3)20(22(26)27-19)21(25)24-12-7-11-23(13-14-24)18-9-5-6-10-18/h15-16,18H,4-14H2,1-3H3. The predicted octanol–water partition coefficient (Wildman–Crippen LogP) is 3.94. The van der Waals surface area contributed by atoms with Gasteiger partial charge in [-0.1, -0.05) is 33.1 Å². The first-order chi connectivity index (χ1) is 13.0. The van der Waals surface area contributed by atoms with E-state index in [-0.39, 0.29) is 17.4 Å². The van der Waals surface area contributed by atoms with Gasteiger partial charge in [0.15, 0.2) is 0 Å². The molecule has 0 N–H and O–H groups in total. The normalized spacial score (nSPS) is 20.6. The molecular formula is C22H34N2O3. The Morgan fingerprint density at radius 1 is 1.19 bits per heavy atom. The van der Waals surface area contributed by atoms with E-state index in [1.165, 1.54) is 25.7 Å². The molecule has 2 aliphatic rings. The fourth-order valence-corrected chi connectivity index (χ4v) is 4.64. The Balaban J connectivity index is 1.72. The van der Waals surface area contributed by atoms with Gasteiger partial charge in [-0.05, 0) is 44.2 Å². The number of aryl methyl sites for hydroxylation is 1. The largest absolute Gasteiger partial charge is 0.427 e. The van der Waals surface area contributed by atoms with Gasteiger partial charge in [-0.2, -0.15) is 0 Å². The summed E-state index contributed by atoms with van der Waals surface area (Å²) >= 11 is 0. The quantitative estimate of drug-likeness (QED) is 0.783. The van der Waals surface area contributed by atoms with Crippen LogP contribution in [0.1, 0.15) is 86.4 Å². The maximum atomic E-state index is 13.1. The fourth-order valence-electron chi connectivity index (χ4n) is 4.64. The Morgan fingerprint density at radius 3 is 2.59 bits per heavy atom. The Morgan fingerprint density at radius 2 is 1.93 bits per heavy atom. The number of hydrogen-bond acceptors (Lipinski definition) is 4. The van der Waals surface area contributed by atoms with E-state index in [1.54, 1.807) is 0 Å². The van der Waals surface area contributed by atoms with Crippen LogP contribution in [0.2, 0.25) is 0 Å². The van der Waals surface area contributed by atoms with Crippen LogP contribution >= 0.6 is 0 Å². The van der Waals surface area contributed by atoms with E-state index in [2.05, 4.69) is 18.7 Å². The predicted molar refractivity (Wildman–Crippen MR) is 107 cm³/mol. The summed E-state index contributed by atoms with van der Waals surface area (Å²) in [4.78, 5) is 30.1. The van der Waals surface area contributed by atoms with Crippen molar-refractivity contribution in [3.63, 3.8) is 0 Å². The highest BCUT2D eigenvalue weighted by Gasteiger charge is 2.28. The van der Waals surface area contributed by atoms with Crippen LogP contribution in [0, 0.1) is 6.92 Å². The Labute approximate surface area is 162 Å². The Hall–Kier alpha value is -1.62. The molecule has 150 valence electrons. The van der Waals surface area contributed by atoms with Crippen molar-refractivity contribution in [1.82, 2.24) is 9.80 Å². The maximum Gasteiger partial charge on any atom is 0.349 e. The third-order valence-electron chi connectivity index (χ3n) is 6.25. The zero-order chi connectivity index (χ0) is 19.4. The molecule has 1 unspecified atom stereocenters. The summed E-state index contributed by atoms with van der Waals surface area (Å²) in [5, 5.41) is 0. The van der Waals surface area contributed by atoms with Gasteiger partial charge >= 0.3 is 5.63 Å². The summed E-state index contributed by atoms with van der Waals surface area (Å²) in [5.41, 5.74) is 0.484. The minimum atomic E-state index is -0.477. The first-order valence-corrected chi connectivity index (χ1v) is 10.7. The van der Waals surface area contributed by atoms with Crippen molar-refractivity contribution >= 4 is 5.91 Å². The molecule has 1 amide bonds. The molecule has 1 atom stereocenters. The molecule has 5 nitrogen and oxygen atoms in total. The molecule has 2 fully saturated rings. The van der Waals surface area contributed by atoms with Crippen LogP contribution < -0.4 is 5.63 Å². The number of carbonyl (C=O) groups excluding carboxylic acids is 1. The molecule has 1 aromatic heterocycles. The van der Waals surface area contributed by atoms with Gasteiger partial charge in [-0.25, -0.2) is 4.79 Å². The average molecular weight is 375 g/mol. The summed E-state index contributed by atoms with van der Waals surface area (Å²) in [6, 6.07) is 2.57. The number of nitrogens with zero attached hydrogens (tertiary/aromatic N) is 2. The summed E-state index contributed by atoms with van der Waals surface area (Å²) in [6.45, 7) is 9.41. The highest BCUT2D eigenvalue weighted by molar-refractivity contribution is 5.95. The van der Waals surface area contributed by atoms with E-state index in [4.69, 9.17) is 4.42 Å². The van der Waals surface area contributed by atoms with E-state index in [0.29, 0.717) is 18.3 Å². The van der Waals surface area contributed by atoms with Gasteiger partial charge in [0.2, 0.25) is 0 Å². The lowest BCUT2D eigenvalue weighted by Crippen LogP contribution is -2.39. The van der Waals surface area contributed by atoms with Gasteiger partial charge in [0, 0.05) is 38.1 Å². The van der Waals surface area contributed by atoms with Crippen LogP contribution in [-0.2, 0) is 0 Å². The summed E-state index contributed by atoms with van der Waals surface area (Å²) < 4.78 is 5.54. The van der Waals surface area contributed by atoms with Crippen molar-refractivity contribution in [1.29, 1.82) is 0 Å². The molecule has 1 aliphatic heterocycles. The van der Waals surface area contributed by atoms with Gasteiger partial charge in [0.05, 0.1) is 0 Å². The van der Waals surface area contributed by atoms with Gasteiger partial charge < -0.3 is 9.32 Å². The smallest absolute Gasteiger partial charge is 0.349 e. The molecule has 27 heavy (non-hydrogen) atoms. The molecule has 1 saturated carbocycles. The van der Waals surface area contributed by atoms with Gasteiger partial charge in [0.25, 0.3) is 5.91 Å². The van der Waals surface area contributed by atoms with E-state index < -0.39 is 5.63 Å². The number of amides is 1. The molecule has 3 rings (SSSR count). The minimum Gasteiger partial charge on any atom is -0.427 e. The molecule has 5 heteroatoms. The highest BCUT2D eigenvalue weighted by Crippen LogP contribution is 2.25. The van der Waals surface area contributed by atoms with Gasteiger partial charge in [0.1, 0.15) is 11.3 Å². The molecule has 0 spiro atoms. The fraction of sp³-hybridized carbons (Fsp3) is 0.727. The SMILES string of the molecule is CCCC(C)c1cc(C)c(C(=O)N2CCCN(C3CCCC3)CC2)c(=O)o1. The number of rotatable bonds is 5. The number of hydrogen-bond donors (Lipinski definition) is 0. The van der Waals surface area contributed by atoms with Crippen molar-refractivity contribution in [2.24, 2.45) is 0 Å². The minimum absolute atomic E-state index is 0.163. The molecule has 0 bridgehead atoms. The monoisotopic (exact) mass is 374 g/mol. The summed E-state index contributed by atoms with van der Waals surface area (Å²) in [7, 11) is 0. The van der Waals surface area contributed by atoms with Crippen LogP contribution in [0.5, 0.6) is 0 Å². The lowest BCUT2D eigenvalue weighted by atomic mass is 10.0. The lowest BCUT2D eigenvalue weighted by molar-refractivity contribution is 0.0752. The number of carbonyl (C=O) groups is 1. The third kappa shape index (κ3) is 4.63. The van der Waals surface area contributed by atoms with Crippen molar-refractivity contribution in [3.05, 3.63) is 33.4 Å². The van der Waals surface area contributed by atoms with E-state index in [1.807, 2.05) is 17.9 Å². The van der Waals surface area contributed by atoms with E-state index >= 15 is 0 Å². The summed E-state index contributed by atoms with van der Waals surface area (Å²) in [6.07, 6.45) is 8.20. The molecular weight excluding hydrogens is 340 g/mol. The molecule has 1 aliphatic carbocycles. The van der Waals surface area contributed by atoms with Crippen molar-refractivity contribution in [3.8, 4) is 0 Å². The van der Waals surface area contributed by atoms with Crippen LogP contribution in [0.4, 0.5) is 0 Å². The highest BCUT2D eigenvalue weighted by atomic mass is 16.4. The van der Waals surface area contributed by atoms with Gasteiger partial charge in [-0.15, -0.1) is 0 Å². The van der Waals surface area contributed by atoms with E-state index in [9.17, 15) is 9.59 Å². The molecule has 0 radical (unpaired) electrons. The summed E-state index contributed by atoms with van der Waals surface area (Å²) in [5.74, 6) is 0.729. The third-order valence-corrected chi connectivity index (χ3v) is 6.25. The molecule has 2 heterocycles. The van der Waals surface area contributed by atoms with Crippen LogP contribution in [0.15, 0.2) is 15.3 Å². The van der Waals surface area contributed by atoms with Crippen LogP contribution in [0.3, 0.4) is 0 Å². The maximum absolute atomic E-state index is 13.1. The second kappa shape index (κ2) is 9.05. The van der Waals surface area contributed by atoms with Gasteiger partial charge in [-0.3, -0.25) is 9.69 Å². The average Bonchev–Trinajstić information content (AvgIpc) is 3.05. The zero-order valence-electron chi connectivity index (χ0n) is 17.1. The van der Waals surface area contributed by atoms with Crippen molar-refractivity contribution in [2.75, 3.05) is 26.2 Å². The van der Waals surface area contributed by atoms with E-state index in [0.717, 1.165) is 44.5 Å². The first kappa shape index (κ1) is 20.1. The lowest BCUT2D eigenvalue weighted by Gasteiger charge is -2.27. The Bertz CT molecular complexity index is 706. The second-order valence-corrected chi connectivity index (χ2v) is 8.30. The molecule has 0 aromatic carbocycles. The van der Waals surface area contributed by atoms with Crippen LogP contribution in [-0.4, -0.2) is 47.9 Å². The van der Waals surface area contributed by atoms with Crippen LogP contribution in [0.25, 0.3) is 0 Å². The second-order valence-electron chi connectivity index (χ2n) is 8.30. The molecule has 1 aromatic rings. The zero-order valence-corrected chi connectivity index (χ0v) is 17.1. The topological polar surface area (TPSA) is 53.8 Å². The molecule has 1 saturated heterocycles.